The van der Waals surface area contributed by atoms with Crippen LogP contribution in [-0.2, 0) is 16.1 Å². The standard InChI is InChI=1S/C21H20FN5O3S/c1-14(28)27(18-7-3-2-6-16(18)22)21-23-15(13-31-21)12-30-20(29)17-8-9-19(25-24-17)26-10-4-5-11-26/h2-3,6-9,13H,4-5,10-12H2,1H3. The fourth-order valence-corrected chi connectivity index (χ4v) is 4.13. The van der Waals surface area contributed by atoms with Crippen molar-refractivity contribution in [1.82, 2.24) is 15.2 Å². The minimum absolute atomic E-state index is 0.103. The maximum absolute atomic E-state index is 14.2. The minimum atomic E-state index is -0.618. The van der Waals surface area contributed by atoms with E-state index in [1.807, 2.05) is 0 Å². The molecular formula is C21H20FN5O3S. The number of aromatic nitrogens is 3. The molecule has 1 saturated heterocycles. The summed E-state index contributed by atoms with van der Waals surface area (Å²) >= 11 is 1.16. The van der Waals surface area contributed by atoms with Gasteiger partial charge in [-0.15, -0.1) is 21.5 Å². The van der Waals surface area contributed by atoms with Crippen molar-refractivity contribution in [2.24, 2.45) is 0 Å². The van der Waals surface area contributed by atoms with Crippen LogP contribution in [0.15, 0.2) is 41.8 Å². The van der Waals surface area contributed by atoms with Crippen LogP contribution < -0.4 is 9.80 Å². The van der Waals surface area contributed by atoms with Crippen molar-refractivity contribution in [3.05, 3.63) is 59.0 Å². The van der Waals surface area contributed by atoms with Crippen LogP contribution >= 0.6 is 11.3 Å². The summed E-state index contributed by atoms with van der Waals surface area (Å²) in [6, 6.07) is 9.31. The molecule has 160 valence electrons. The van der Waals surface area contributed by atoms with Crippen molar-refractivity contribution >= 4 is 39.9 Å². The lowest BCUT2D eigenvalue weighted by Crippen LogP contribution is -2.23. The molecule has 31 heavy (non-hydrogen) atoms. The van der Waals surface area contributed by atoms with Gasteiger partial charge in [-0.1, -0.05) is 12.1 Å². The highest BCUT2D eigenvalue weighted by atomic mass is 32.1. The molecule has 0 aliphatic carbocycles. The van der Waals surface area contributed by atoms with Crippen LogP contribution in [0.1, 0.15) is 35.9 Å². The number of rotatable bonds is 6. The maximum Gasteiger partial charge on any atom is 0.359 e. The second-order valence-corrected chi connectivity index (χ2v) is 7.81. The Balaban J connectivity index is 1.41. The van der Waals surface area contributed by atoms with Crippen LogP contribution in [0.4, 0.5) is 21.0 Å². The van der Waals surface area contributed by atoms with E-state index in [1.165, 1.54) is 24.0 Å². The number of para-hydroxylation sites is 1. The topological polar surface area (TPSA) is 88.5 Å². The van der Waals surface area contributed by atoms with E-state index in [1.54, 1.807) is 29.6 Å². The third-order valence-electron chi connectivity index (χ3n) is 4.78. The molecule has 3 heterocycles. The van der Waals surface area contributed by atoms with Crippen molar-refractivity contribution in [3.63, 3.8) is 0 Å². The number of carbonyl (C=O) groups excluding carboxylic acids is 2. The molecule has 1 amide bonds. The monoisotopic (exact) mass is 441 g/mol. The normalized spacial score (nSPS) is 13.3. The predicted octanol–water partition coefficient (Wildman–Crippen LogP) is 3.71. The summed E-state index contributed by atoms with van der Waals surface area (Å²) in [7, 11) is 0. The first-order valence-corrected chi connectivity index (χ1v) is 10.7. The van der Waals surface area contributed by atoms with Crippen molar-refractivity contribution in [3.8, 4) is 0 Å². The Kier molecular flexibility index (Phi) is 6.17. The SMILES string of the molecule is CC(=O)N(c1nc(COC(=O)c2ccc(N3CCCC3)nn2)cs1)c1ccccc1F. The lowest BCUT2D eigenvalue weighted by Gasteiger charge is -2.18. The quantitative estimate of drug-likeness (QED) is 0.539. The van der Waals surface area contributed by atoms with Crippen molar-refractivity contribution < 1.29 is 18.7 Å². The van der Waals surface area contributed by atoms with Crippen molar-refractivity contribution in [2.75, 3.05) is 22.9 Å². The first-order valence-electron chi connectivity index (χ1n) is 9.78. The number of hydrogen-bond donors (Lipinski definition) is 0. The number of ether oxygens (including phenoxy) is 1. The van der Waals surface area contributed by atoms with Crippen LogP contribution in [0.3, 0.4) is 0 Å². The van der Waals surface area contributed by atoms with Crippen LogP contribution in [0.25, 0.3) is 0 Å². The highest BCUT2D eigenvalue weighted by Gasteiger charge is 2.21. The molecule has 1 fully saturated rings. The molecule has 8 nitrogen and oxygen atoms in total. The highest BCUT2D eigenvalue weighted by Crippen LogP contribution is 2.31. The summed E-state index contributed by atoms with van der Waals surface area (Å²) in [6.45, 7) is 3.11. The van der Waals surface area contributed by atoms with Gasteiger partial charge in [-0.25, -0.2) is 14.2 Å². The Labute approximate surface area is 182 Å². The average Bonchev–Trinajstić information content (AvgIpc) is 3.46. The fraction of sp³-hybridized carbons (Fsp3) is 0.286. The van der Waals surface area contributed by atoms with Crippen molar-refractivity contribution in [2.45, 2.75) is 26.4 Å². The lowest BCUT2D eigenvalue weighted by atomic mass is 10.3. The zero-order valence-corrected chi connectivity index (χ0v) is 17.6. The van der Waals surface area contributed by atoms with E-state index in [2.05, 4.69) is 20.1 Å². The van der Waals surface area contributed by atoms with Gasteiger partial charge < -0.3 is 9.64 Å². The smallest absolute Gasteiger partial charge is 0.359 e. The first kappa shape index (κ1) is 20.9. The number of nitrogens with zero attached hydrogens (tertiary/aromatic N) is 5. The van der Waals surface area contributed by atoms with Gasteiger partial charge in [0.15, 0.2) is 16.6 Å². The van der Waals surface area contributed by atoms with E-state index in [-0.39, 0.29) is 23.9 Å². The third kappa shape index (κ3) is 4.69. The molecule has 1 aliphatic rings. The Morgan fingerprint density at radius 2 is 1.94 bits per heavy atom. The Morgan fingerprint density at radius 3 is 2.61 bits per heavy atom. The summed E-state index contributed by atoms with van der Waals surface area (Å²) in [6.07, 6.45) is 2.25. The van der Waals surface area contributed by atoms with E-state index >= 15 is 0 Å². The molecule has 10 heteroatoms. The van der Waals surface area contributed by atoms with Gasteiger partial charge in [-0.3, -0.25) is 9.69 Å². The van der Waals surface area contributed by atoms with Gasteiger partial charge in [0.1, 0.15) is 12.4 Å². The summed E-state index contributed by atoms with van der Waals surface area (Å²) in [5.74, 6) is -0.781. The average molecular weight is 441 g/mol. The summed E-state index contributed by atoms with van der Waals surface area (Å²) in [5.41, 5.74) is 0.661. The van der Waals surface area contributed by atoms with Gasteiger partial charge in [0.05, 0.1) is 11.4 Å². The number of carbonyl (C=O) groups is 2. The van der Waals surface area contributed by atoms with Gasteiger partial charge in [0, 0.05) is 25.4 Å². The van der Waals surface area contributed by atoms with Gasteiger partial charge in [0.2, 0.25) is 5.91 Å². The van der Waals surface area contributed by atoms with E-state index in [9.17, 15) is 14.0 Å². The minimum Gasteiger partial charge on any atom is -0.454 e. The number of anilines is 3. The number of halogens is 1. The molecule has 0 N–H and O–H groups in total. The Hall–Kier alpha value is -3.40. The fourth-order valence-electron chi connectivity index (χ4n) is 3.27. The van der Waals surface area contributed by atoms with Crippen LogP contribution in [-0.4, -0.2) is 40.1 Å². The summed E-state index contributed by atoms with van der Waals surface area (Å²) < 4.78 is 19.4. The molecule has 0 atom stereocenters. The zero-order valence-electron chi connectivity index (χ0n) is 16.8. The van der Waals surface area contributed by atoms with E-state index in [0.717, 1.165) is 43.1 Å². The van der Waals surface area contributed by atoms with Gasteiger partial charge in [-0.2, -0.15) is 0 Å². The molecule has 0 saturated carbocycles. The molecular weight excluding hydrogens is 421 g/mol. The van der Waals surface area contributed by atoms with Gasteiger partial charge in [0.25, 0.3) is 0 Å². The zero-order chi connectivity index (χ0) is 21.8. The van der Waals surface area contributed by atoms with E-state index < -0.39 is 11.8 Å². The first-order chi connectivity index (χ1) is 15.0. The number of thiazole rings is 1. The van der Waals surface area contributed by atoms with E-state index in [0.29, 0.717) is 10.8 Å². The summed E-state index contributed by atoms with van der Waals surface area (Å²) in [5, 5.41) is 10.0. The molecule has 1 aromatic carbocycles. The maximum atomic E-state index is 14.2. The van der Waals surface area contributed by atoms with Gasteiger partial charge in [-0.05, 0) is 37.1 Å². The molecule has 1 aliphatic heterocycles. The number of hydrogen-bond acceptors (Lipinski definition) is 8. The molecule has 0 radical (unpaired) electrons. The van der Waals surface area contributed by atoms with Crippen molar-refractivity contribution in [1.29, 1.82) is 0 Å². The summed E-state index contributed by atoms with van der Waals surface area (Å²) in [4.78, 5) is 32.0. The second kappa shape index (κ2) is 9.17. The highest BCUT2D eigenvalue weighted by molar-refractivity contribution is 7.14. The number of benzene rings is 1. The molecule has 4 rings (SSSR count). The van der Waals surface area contributed by atoms with Crippen LogP contribution in [0, 0.1) is 5.82 Å². The molecule has 0 spiro atoms. The third-order valence-corrected chi connectivity index (χ3v) is 5.65. The largest absolute Gasteiger partial charge is 0.454 e. The molecule has 0 unspecified atom stereocenters. The Morgan fingerprint density at radius 1 is 1.16 bits per heavy atom. The lowest BCUT2D eigenvalue weighted by molar-refractivity contribution is -0.115. The van der Waals surface area contributed by atoms with E-state index in [4.69, 9.17) is 4.74 Å². The molecule has 3 aromatic rings. The number of amides is 1. The predicted molar refractivity (Wildman–Crippen MR) is 114 cm³/mol. The second-order valence-electron chi connectivity index (χ2n) is 6.97. The molecule has 0 bridgehead atoms. The molecule has 2 aromatic heterocycles. The Bertz CT molecular complexity index is 1080. The van der Waals surface area contributed by atoms with Gasteiger partial charge >= 0.3 is 5.97 Å². The number of esters is 1. The van der Waals surface area contributed by atoms with Crippen LogP contribution in [0.2, 0.25) is 0 Å². The van der Waals surface area contributed by atoms with Crippen LogP contribution in [0.5, 0.6) is 0 Å².